The summed E-state index contributed by atoms with van der Waals surface area (Å²) in [6.07, 6.45) is 0.521. The third kappa shape index (κ3) is 4.96. The zero-order valence-corrected chi connectivity index (χ0v) is 17.3. The van der Waals surface area contributed by atoms with Crippen LogP contribution in [0.1, 0.15) is 18.1 Å². The number of quaternary nitrogens is 1. The maximum absolute atomic E-state index is 12.8. The van der Waals surface area contributed by atoms with Gasteiger partial charge in [-0.25, -0.2) is 4.79 Å². The molecule has 1 heterocycles. The van der Waals surface area contributed by atoms with Gasteiger partial charge in [-0.05, 0) is 23.8 Å². The average molecular weight is 412 g/mol. The molecule has 2 amide bonds. The van der Waals surface area contributed by atoms with E-state index >= 15 is 0 Å². The van der Waals surface area contributed by atoms with Crippen LogP contribution in [-0.4, -0.2) is 44.6 Å². The lowest BCUT2D eigenvalue weighted by Gasteiger charge is -2.31. The van der Waals surface area contributed by atoms with Gasteiger partial charge in [0.05, 0.1) is 19.9 Å². The van der Waals surface area contributed by atoms with Crippen molar-refractivity contribution in [2.45, 2.75) is 25.9 Å². The maximum Gasteiger partial charge on any atom is 0.365 e. The predicted octanol–water partition coefficient (Wildman–Crippen LogP) is 0.775. The number of amides is 2. The highest BCUT2D eigenvalue weighted by Gasteiger charge is 2.37. The second-order valence-electron chi connectivity index (χ2n) is 7.20. The topological polar surface area (TPSA) is 98.2 Å². The molecule has 0 saturated carbocycles. The monoisotopic (exact) mass is 412 g/mol. The maximum atomic E-state index is 12.8. The molecule has 1 aliphatic rings. The first kappa shape index (κ1) is 21.3. The van der Waals surface area contributed by atoms with Gasteiger partial charge in [0.1, 0.15) is 12.3 Å². The molecule has 158 valence electrons. The quantitative estimate of drug-likeness (QED) is 0.609. The molecule has 3 N–H and O–H groups in total. The normalized spacial score (nSPS) is 17.4. The predicted molar refractivity (Wildman–Crippen MR) is 111 cm³/mol. The molecular formula is C22H26N3O5+. The van der Waals surface area contributed by atoms with Crippen molar-refractivity contribution in [2.75, 3.05) is 31.4 Å². The average Bonchev–Trinajstić information content (AvgIpc) is 2.72. The summed E-state index contributed by atoms with van der Waals surface area (Å²) in [7, 11) is 2.86. The van der Waals surface area contributed by atoms with Crippen LogP contribution in [0.4, 0.5) is 11.4 Å². The molecule has 1 unspecified atom stereocenters. The number of ether oxygens (including phenoxy) is 2. The Kier molecular flexibility index (Phi) is 6.68. The first-order valence-corrected chi connectivity index (χ1v) is 9.66. The minimum Gasteiger partial charge on any atom is -0.495 e. The van der Waals surface area contributed by atoms with Crippen LogP contribution in [0.15, 0.2) is 42.5 Å². The fourth-order valence-corrected chi connectivity index (χ4v) is 3.73. The first-order valence-electron chi connectivity index (χ1n) is 9.66. The van der Waals surface area contributed by atoms with Crippen molar-refractivity contribution in [2.24, 2.45) is 0 Å². The summed E-state index contributed by atoms with van der Waals surface area (Å²) in [5, 5.41) is 5.52. The summed E-state index contributed by atoms with van der Waals surface area (Å²) in [6.45, 7) is 2.04. The van der Waals surface area contributed by atoms with E-state index in [1.807, 2.05) is 24.3 Å². The molecule has 3 rings (SSSR count). The number of nitrogens with one attached hydrogen (secondary N) is 3. The molecule has 0 bridgehead atoms. The Balaban J connectivity index is 1.77. The molecule has 2 aromatic rings. The van der Waals surface area contributed by atoms with Crippen LogP contribution < -0.4 is 20.3 Å². The Morgan fingerprint density at radius 1 is 1.07 bits per heavy atom. The SMILES string of the molecule is COC(=O)[C@H]1Cc2ccccc2C[NH+]1CC(=O)Nc1cc(NC(C)=O)ccc1OC. The van der Waals surface area contributed by atoms with E-state index in [9.17, 15) is 14.4 Å². The molecule has 2 aromatic carbocycles. The van der Waals surface area contributed by atoms with Crippen molar-refractivity contribution >= 4 is 29.2 Å². The van der Waals surface area contributed by atoms with Crippen LogP contribution in [0.25, 0.3) is 0 Å². The number of carbonyl (C=O) groups is 3. The van der Waals surface area contributed by atoms with E-state index in [1.54, 1.807) is 18.2 Å². The molecule has 0 saturated heterocycles. The van der Waals surface area contributed by atoms with Gasteiger partial charge in [0.25, 0.3) is 5.91 Å². The van der Waals surface area contributed by atoms with Crippen molar-refractivity contribution in [3.05, 3.63) is 53.6 Å². The standard InChI is InChI=1S/C22H25N3O5/c1-14(26)23-17-8-9-20(29-2)18(11-17)24-21(27)13-25-12-16-7-5-4-6-15(16)10-19(25)22(28)30-3/h4-9,11,19H,10,12-13H2,1-3H3,(H,23,26)(H,24,27)/p+1/t19-/m1/s1. The van der Waals surface area contributed by atoms with Crippen molar-refractivity contribution < 1.29 is 28.8 Å². The minimum absolute atomic E-state index is 0.0849. The summed E-state index contributed by atoms with van der Waals surface area (Å²) in [4.78, 5) is 37.3. The number of fused-ring (bicyclic) bond motifs is 1. The summed E-state index contributed by atoms with van der Waals surface area (Å²) in [5.41, 5.74) is 3.21. The number of rotatable bonds is 6. The zero-order chi connectivity index (χ0) is 21.7. The molecule has 30 heavy (non-hydrogen) atoms. The second-order valence-corrected chi connectivity index (χ2v) is 7.20. The summed E-state index contributed by atoms with van der Waals surface area (Å²) in [5.74, 6) is -0.343. The van der Waals surface area contributed by atoms with Crippen molar-refractivity contribution in [1.29, 1.82) is 0 Å². The highest BCUT2D eigenvalue weighted by Crippen LogP contribution is 2.27. The van der Waals surface area contributed by atoms with Crippen LogP contribution in [0.3, 0.4) is 0 Å². The highest BCUT2D eigenvalue weighted by atomic mass is 16.5. The van der Waals surface area contributed by atoms with Gasteiger partial charge in [-0.2, -0.15) is 0 Å². The Bertz CT molecular complexity index is 960. The van der Waals surface area contributed by atoms with Crippen LogP contribution in [0.2, 0.25) is 0 Å². The van der Waals surface area contributed by atoms with E-state index in [1.165, 1.54) is 21.1 Å². The lowest BCUT2D eigenvalue weighted by atomic mass is 9.94. The van der Waals surface area contributed by atoms with Gasteiger partial charge < -0.3 is 25.0 Å². The highest BCUT2D eigenvalue weighted by molar-refractivity contribution is 5.95. The van der Waals surface area contributed by atoms with Crippen LogP contribution in [0, 0.1) is 0 Å². The third-order valence-electron chi connectivity index (χ3n) is 5.12. The van der Waals surface area contributed by atoms with E-state index in [4.69, 9.17) is 9.47 Å². The van der Waals surface area contributed by atoms with E-state index in [0.717, 1.165) is 16.0 Å². The molecule has 0 spiro atoms. The van der Waals surface area contributed by atoms with Crippen LogP contribution in [0.5, 0.6) is 5.75 Å². The van der Waals surface area contributed by atoms with E-state index in [0.29, 0.717) is 30.1 Å². The lowest BCUT2D eigenvalue weighted by Crippen LogP contribution is -3.17. The van der Waals surface area contributed by atoms with Gasteiger partial charge in [-0.1, -0.05) is 24.3 Å². The Morgan fingerprint density at radius 2 is 1.80 bits per heavy atom. The number of benzene rings is 2. The van der Waals surface area contributed by atoms with Crippen molar-refractivity contribution in [1.82, 2.24) is 0 Å². The van der Waals surface area contributed by atoms with E-state index in [2.05, 4.69) is 10.6 Å². The third-order valence-corrected chi connectivity index (χ3v) is 5.12. The second kappa shape index (κ2) is 9.41. The number of hydrogen-bond acceptors (Lipinski definition) is 5. The van der Waals surface area contributed by atoms with Gasteiger partial charge >= 0.3 is 5.97 Å². The van der Waals surface area contributed by atoms with Crippen LogP contribution in [-0.2, 0) is 32.1 Å². The van der Waals surface area contributed by atoms with Gasteiger partial charge in [0, 0.05) is 24.6 Å². The fraction of sp³-hybridized carbons (Fsp3) is 0.318. The molecule has 0 aromatic heterocycles. The molecule has 0 aliphatic carbocycles. The summed E-state index contributed by atoms with van der Waals surface area (Å²) < 4.78 is 10.3. The van der Waals surface area contributed by atoms with E-state index < -0.39 is 6.04 Å². The number of anilines is 2. The summed E-state index contributed by atoms with van der Waals surface area (Å²) >= 11 is 0. The largest absolute Gasteiger partial charge is 0.495 e. The fourth-order valence-electron chi connectivity index (χ4n) is 3.73. The van der Waals surface area contributed by atoms with Gasteiger partial charge in [0.2, 0.25) is 5.91 Å². The Labute approximate surface area is 175 Å². The molecule has 0 radical (unpaired) electrons. The minimum atomic E-state index is -0.455. The molecule has 1 aliphatic heterocycles. The van der Waals surface area contributed by atoms with Gasteiger partial charge in [-0.15, -0.1) is 0 Å². The molecular weight excluding hydrogens is 386 g/mol. The lowest BCUT2D eigenvalue weighted by molar-refractivity contribution is -0.924. The van der Waals surface area contributed by atoms with E-state index in [-0.39, 0.29) is 24.3 Å². The molecule has 8 nitrogen and oxygen atoms in total. The first-order chi connectivity index (χ1) is 14.4. The van der Waals surface area contributed by atoms with Gasteiger partial charge in [-0.3, -0.25) is 9.59 Å². The summed E-state index contributed by atoms with van der Waals surface area (Å²) in [6, 6.07) is 12.5. The Morgan fingerprint density at radius 3 is 2.47 bits per heavy atom. The molecule has 8 heteroatoms. The van der Waals surface area contributed by atoms with Crippen molar-refractivity contribution in [3.63, 3.8) is 0 Å². The Hall–Kier alpha value is -3.39. The van der Waals surface area contributed by atoms with Crippen LogP contribution >= 0.6 is 0 Å². The smallest absolute Gasteiger partial charge is 0.365 e. The molecule has 0 fully saturated rings. The number of carbonyl (C=O) groups excluding carboxylic acids is 3. The zero-order valence-electron chi connectivity index (χ0n) is 17.3. The molecule has 2 atom stereocenters. The number of hydrogen-bond donors (Lipinski definition) is 3. The van der Waals surface area contributed by atoms with Crippen molar-refractivity contribution in [3.8, 4) is 5.75 Å². The van der Waals surface area contributed by atoms with Gasteiger partial charge in [0.15, 0.2) is 12.6 Å². The number of esters is 1. The number of methoxy groups -OCH3 is 2.